The number of anilines is 1. The van der Waals surface area contributed by atoms with Gasteiger partial charge in [0.05, 0.1) is 40.5 Å². The number of hydrogen-bond donors (Lipinski definition) is 1. The Balaban J connectivity index is 1.46. The number of rotatable bonds is 4. The molecule has 0 saturated heterocycles. The third kappa shape index (κ3) is 6.39. The fourth-order valence-electron chi connectivity index (χ4n) is 5.40. The summed E-state index contributed by atoms with van der Waals surface area (Å²) in [5.41, 5.74) is 3.46. The molecule has 1 amide bonds. The Kier molecular flexibility index (Phi) is 8.29. The number of fused-ring (bicyclic) bond motifs is 4. The van der Waals surface area contributed by atoms with Crippen LogP contribution in [-0.2, 0) is 14.6 Å². The molecule has 0 fully saturated rings. The van der Waals surface area contributed by atoms with E-state index in [1.165, 1.54) is 33.9 Å². The number of carbonyl (C=O) groups is 1. The molecule has 6 rings (SSSR count). The first-order valence-electron chi connectivity index (χ1n) is 14.1. The number of aromatic nitrogens is 6. The molecule has 11 nitrogen and oxygen atoms in total. The Bertz CT molecular complexity index is 2110. The van der Waals surface area contributed by atoms with Crippen LogP contribution >= 0.6 is 23.2 Å². The molecule has 0 saturated carbocycles. The second kappa shape index (κ2) is 12.2. The molecule has 4 heterocycles. The van der Waals surface area contributed by atoms with Crippen molar-refractivity contribution < 1.29 is 13.2 Å². The molecule has 2 bridgehead atoms. The van der Waals surface area contributed by atoms with Crippen LogP contribution in [0.5, 0.6) is 0 Å². The van der Waals surface area contributed by atoms with Crippen molar-refractivity contribution >= 4 is 44.6 Å². The second-order valence-corrected chi connectivity index (χ2v) is 13.8. The molecule has 0 radical (unpaired) electrons. The lowest BCUT2D eigenvalue weighted by atomic mass is 9.95. The first-order valence-corrected chi connectivity index (χ1v) is 16.7. The number of sulfone groups is 1. The van der Waals surface area contributed by atoms with E-state index in [0.29, 0.717) is 63.7 Å². The maximum absolute atomic E-state index is 13.8. The van der Waals surface area contributed by atoms with Crippen LogP contribution in [0.15, 0.2) is 83.0 Å². The zero-order chi connectivity index (χ0) is 31.9. The number of amides is 1. The number of nitrogens with zero attached hydrogens (tertiary/aromatic N) is 6. The molecule has 1 aliphatic heterocycles. The van der Waals surface area contributed by atoms with Crippen molar-refractivity contribution in [3.63, 3.8) is 0 Å². The molecule has 0 unspecified atom stereocenters. The first kappa shape index (κ1) is 30.6. The van der Waals surface area contributed by atoms with E-state index in [1.807, 2.05) is 13.0 Å². The van der Waals surface area contributed by atoms with Crippen molar-refractivity contribution in [3.8, 4) is 28.1 Å². The Morgan fingerprint density at radius 3 is 2.51 bits per heavy atom. The van der Waals surface area contributed by atoms with E-state index in [2.05, 4.69) is 25.6 Å². The van der Waals surface area contributed by atoms with Crippen LogP contribution in [0.1, 0.15) is 37.9 Å². The van der Waals surface area contributed by atoms with Crippen LogP contribution < -0.4 is 10.9 Å². The van der Waals surface area contributed by atoms with Gasteiger partial charge in [0.1, 0.15) is 0 Å². The average molecular weight is 665 g/mol. The van der Waals surface area contributed by atoms with Gasteiger partial charge in [-0.15, -0.1) is 5.10 Å². The van der Waals surface area contributed by atoms with Crippen molar-refractivity contribution in [2.45, 2.75) is 37.1 Å². The van der Waals surface area contributed by atoms with Gasteiger partial charge in [-0.2, -0.15) is 0 Å². The fraction of sp³-hybridized carbons (Fsp3) is 0.226. The highest BCUT2D eigenvalue weighted by Crippen LogP contribution is 2.35. The van der Waals surface area contributed by atoms with Crippen molar-refractivity contribution in [1.29, 1.82) is 0 Å². The summed E-state index contributed by atoms with van der Waals surface area (Å²) in [5, 5.41) is 11.5. The summed E-state index contributed by atoms with van der Waals surface area (Å²) in [4.78, 5) is 36.2. The van der Waals surface area contributed by atoms with Gasteiger partial charge >= 0.3 is 0 Å². The third-order valence-corrected chi connectivity index (χ3v) is 9.31. The molecule has 5 aromatic rings. The van der Waals surface area contributed by atoms with Crippen molar-refractivity contribution in [2.75, 3.05) is 11.6 Å². The van der Waals surface area contributed by atoms with Crippen LogP contribution in [0.25, 0.3) is 28.1 Å². The zero-order valence-electron chi connectivity index (χ0n) is 24.2. The fourth-order valence-corrected chi connectivity index (χ4v) is 6.35. The minimum absolute atomic E-state index is 0.120. The quantitative estimate of drug-likeness (QED) is 0.261. The molecule has 1 N–H and O–H groups in total. The van der Waals surface area contributed by atoms with Crippen LogP contribution in [0.4, 0.5) is 5.69 Å². The van der Waals surface area contributed by atoms with E-state index < -0.39 is 15.9 Å². The largest absolute Gasteiger partial charge is 0.325 e. The van der Waals surface area contributed by atoms with Crippen molar-refractivity contribution in [1.82, 2.24) is 29.5 Å². The zero-order valence-corrected chi connectivity index (χ0v) is 26.5. The topological polar surface area (TPSA) is 142 Å². The van der Waals surface area contributed by atoms with Gasteiger partial charge in [-0.05, 0) is 66.9 Å². The molecule has 14 heteroatoms. The van der Waals surface area contributed by atoms with E-state index in [9.17, 15) is 18.0 Å². The summed E-state index contributed by atoms with van der Waals surface area (Å²) < 4.78 is 27.8. The molecule has 2 aromatic carbocycles. The Labute approximate surface area is 268 Å². The summed E-state index contributed by atoms with van der Waals surface area (Å²) >= 11 is 12.3. The molecule has 0 aliphatic carbocycles. The van der Waals surface area contributed by atoms with Crippen LogP contribution in [0, 0.1) is 5.92 Å². The van der Waals surface area contributed by atoms with Gasteiger partial charge in [0, 0.05) is 46.3 Å². The first-order chi connectivity index (χ1) is 21.5. The maximum Gasteiger partial charge on any atom is 0.254 e. The molecule has 2 atom stereocenters. The number of nitrogens with one attached hydrogen (secondary N) is 1. The predicted molar refractivity (Wildman–Crippen MR) is 171 cm³/mol. The van der Waals surface area contributed by atoms with Gasteiger partial charge in [-0.25, -0.2) is 18.1 Å². The molecule has 1 aliphatic rings. The lowest BCUT2D eigenvalue weighted by Crippen LogP contribution is -2.27. The summed E-state index contributed by atoms with van der Waals surface area (Å²) in [6.07, 6.45) is 7.46. The van der Waals surface area contributed by atoms with Crippen molar-refractivity contribution in [2.24, 2.45) is 5.92 Å². The third-order valence-electron chi connectivity index (χ3n) is 7.79. The van der Waals surface area contributed by atoms with Gasteiger partial charge in [0.2, 0.25) is 5.91 Å². The number of benzene rings is 2. The summed E-state index contributed by atoms with van der Waals surface area (Å²) in [6.45, 7) is 1.84. The Morgan fingerprint density at radius 1 is 0.956 bits per heavy atom. The highest BCUT2D eigenvalue weighted by molar-refractivity contribution is 7.90. The number of carbonyl (C=O) groups excluding carboxylic acids is 1. The molecule has 230 valence electrons. The van der Waals surface area contributed by atoms with E-state index in [1.54, 1.807) is 42.6 Å². The second-order valence-electron chi connectivity index (χ2n) is 11.0. The summed E-state index contributed by atoms with van der Waals surface area (Å²) in [6, 6.07) is 14.2. The number of pyridine rings is 1. The highest BCUT2D eigenvalue weighted by atomic mass is 35.5. The maximum atomic E-state index is 13.8. The van der Waals surface area contributed by atoms with Crippen LogP contribution in [-0.4, -0.2) is 50.1 Å². The lowest BCUT2D eigenvalue weighted by Gasteiger charge is -2.23. The monoisotopic (exact) mass is 663 g/mol. The predicted octanol–water partition coefficient (Wildman–Crippen LogP) is 5.61. The number of halogens is 2. The Hall–Kier alpha value is -4.39. The van der Waals surface area contributed by atoms with Crippen LogP contribution in [0.2, 0.25) is 10.2 Å². The minimum atomic E-state index is -3.52. The Morgan fingerprint density at radius 2 is 1.78 bits per heavy atom. The van der Waals surface area contributed by atoms with E-state index in [4.69, 9.17) is 23.2 Å². The lowest BCUT2D eigenvalue weighted by molar-refractivity contribution is -0.119. The number of hydrogen-bond acceptors (Lipinski definition) is 8. The smallest absolute Gasteiger partial charge is 0.254 e. The van der Waals surface area contributed by atoms with E-state index >= 15 is 0 Å². The summed E-state index contributed by atoms with van der Waals surface area (Å²) in [5.74, 6) is -0.508. The van der Waals surface area contributed by atoms with E-state index in [-0.39, 0.29) is 27.4 Å². The molecule has 45 heavy (non-hydrogen) atoms. The summed E-state index contributed by atoms with van der Waals surface area (Å²) in [7, 11) is -3.52. The standard InChI is InChI=1S/C31H27Cl2N7O4S/c1-18-4-3-5-28(26-12-19(10-11-34-26)22-14-21(45(2,43)44)7-8-24(22)36-31(18)42)39-17-35-25(15-30(39)41)23-13-20(32)6-9-27(23)40-16-29(33)37-38-40/h6-18,28H,3-5H2,1-2H3,(H,36,42)/t18-,28+/m1/s1. The van der Waals surface area contributed by atoms with Gasteiger partial charge < -0.3 is 5.32 Å². The highest BCUT2D eigenvalue weighted by Gasteiger charge is 2.24. The molecular formula is C31H27Cl2N7O4S. The minimum Gasteiger partial charge on any atom is -0.325 e. The molecule has 0 spiro atoms. The van der Waals surface area contributed by atoms with Gasteiger partial charge in [0.15, 0.2) is 15.0 Å². The van der Waals surface area contributed by atoms with Crippen LogP contribution in [0.3, 0.4) is 0 Å². The normalized spacial score (nSPS) is 17.1. The van der Waals surface area contributed by atoms with Gasteiger partial charge in [-0.3, -0.25) is 19.1 Å². The van der Waals surface area contributed by atoms with E-state index in [0.717, 1.165) is 6.26 Å². The van der Waals surface area contributed by atoms with Gasteiger partial charge in [-0.1, -0.05) is 41.8 Å². The van der Waals surface area contributed by atoms with Crippen molar-refractivity contribution in [3.05, 3.63) is 99.5 Å². The van der Waals surface area contributed by atoms with Gasteiger partial charge in [0.25, 0.3) is 5.56 Å². The SMILES string of the molecule is C[C@@H]1CCC[C@H](n2cnc(-c3cc(Cl)ccc3-n3cc(Cl)nn3)cc2=O)c2cc(ccn2)-c2cc(S(C)(=O)=O)ccc2NC1=O. The molecular weight excluding hydrogens is 637 g/mol. The molecule has 3 aromatic heterocycles. The average Bonchev–Trinajstić information content (AvgIpc) is 3.44.